The molecule has 4 nitrogen and oxygen atoms in total. The van der Waals surface area contributed by atoms with Crippen molar-refractivity contribution in [1.82, 2.24) is 9.97 Å². The number of benzene rings is 1. The molecule has 1 aliphatic carbocycles. The zero-order chi connectivity index (χ0) is 15.6. The Morgan fingerprint density at radius 1 is 1.22 bits per heavy atom. The van der Waals surface area contributed by atoms with Gasteiger partial charge < -0.3 is 0 Å². The van der Waals surface area contributed by atoms with Gasteiger partial charge in [0.25, 0.3) is 0 Å². The van der Waals surface area contributed by atoms with E-state index in [1.54, 1.807) is 17.7 Å². The molecular formula is C18H18N4S. The molecule has 4 rings (SSSR count). The second kappa shape index (κ2) is 6.08. The van der Waals surface area contributed by atoms with E-state index in [1.807, 2.05) is 18.2 Å². The summed E-state index contributed by atoms with van der Waals surface area (Å²) in [5.74, 6) is 0.830. The number of rotatable bonds is 4. The van der Waals surface area contributed by atoms with Gasteiger partial charge in [-0.15, -0.1) is 11.3 Å². The Bertz CT molecular complexity index is 867. The molecule has 0 aliphatic heterocycles. The first-order chi connectivity index (χ1) is 11.4. The molecule has 1 N–H and O–H groups in total. The number of hydrogen-bond donors (Lipinski definition) is 1. The quantitative estimate of drug-likeness (QED) is 0.572. The lowest BCUT2D eigenvalue weighted by molar-refractivity contribution is 0.917. The molecule has 0 spiro atoms. The molecule has 2 aromatic heterocycles. The summed E-state index contributed by atoms with van der Waals surface area (Å²) in [6.45, 7) is 2.12. The molecule has 2 heterocycles. The van der Waals surface area contributed by atoms with Gasteiger partial charge in [-0.3, -0.25) is 5.43 Å². The average Bonchev–Trinajstić information content (AvgIpc) is 3.17. The highest BCUT2D eigenvalue weighted by atomic mass is 32.1. The highest BCUT2D eigenvalue weighted by Gasteiger charge is 2.21. The predicted molar refractivity (Wildman–Crippen MR) is 96.3 cm³/mol. The second-order valence-electron chi connectivity index (χ2n) is 5.65. The Balaban J connectivity index is 1.71. The molecule has 0 amide bonds. The van der Waals surface area contributed by atoms with Gasteiger partial charge in [0, 0.05) is 4.88 Å². The molecule has 0 atom stereocenters. The number of hydrogen-bond acceptors (Lipinski definition) is 5. The number of hydrazone groups is 1. The number of aromatic nitrogens is 2. The molecule has 0 bridgehead atoms. The fraction of sp³-hybridized carbons (Fsp3) is 0.278. The van der Waals surface area contributed by atoms with E-state index in [0.29, 0.717) is 0 Å². The summed E-state index contributed by atoms with van der Waals surface area (Å²) in [5, 5.41) is 5.78. The number of nitrogens with zero attached hydrogens (tertiary/aromatic N) is 3. The zero-order valence-corrected chi connectivity index (χ0v) is 13.9. The Hall–Kier alpha value is -2.27. The molecular weight excluding hydrogens is 304 g/mol. The molecule has 0 saturated heterocycles. The minimum Gasteiger partial charge on any atom is -0.260 e. The van der Waals surface area contributed by atoms with E-state index in [9.17, 15) is 0 Å². The van der Waals surface area contributed by atoms with Crippen molar-refractivity contribution in [2.75, 3.05) is 5.43 Å². The number of nitrogens with one attached hydrogen (secondary N) is 1. The first kappa shape index (κ1) is 14.3. The Morgan fingerprint density at radius 3 is 2.91 bits per heavy atom. The van der Waals surface area contributed by atoms with Gasteiger partial charge in [-0.05, 0) is 36.8 Å². The van der Waals surface area contributed by atoms with Crippen LogP contribution < -0.4 is 5.43 Å². The summed E-state index contributed by atoms with van der Waals surface area (Å²) in [4.78, 5) is 11.4. The van der Waals surface area contributed by atoms with E-state index < -0.39 is 0 Å². The lowest BCUT2D eigenvalue weighted by Crippen LogP contribution is -2.04. The third-order valence-corrected chi connectivity index (χ3v) is 5.44. The van der Waals surface area contributed by atoms with Crippen molar-refractivity contribution in [1.29, 1.82) is 0 Å². The minimum atomic E-state index is 0.830. The number of anilines is 1. The molecule has 1 aromatic carbocycles. The van der Waals surface area contributed by atoms with Crippen LogP contribution in [0, 0.1) is 0 Å². The van der Waals surface area contributed by atoms with E-state index in [0.717, 1.165) is 40.2 Å². The van der Waals surface area contributed by atoms with Crippen molar-refractivity contribution < 1.29 is 0 Å². The van der Waals surface area contributed by atoms with Crippen LogP contribution in [0.1, 0.15) is 35.8 Å². The fourth-order valence-electron chi connectivity index (χ4n) is 3.11. The Kier molecular flexibility index (Phi) is 3.79. The summed E-state index contributed by atoms with van der Waals surface area (Å²) in [7, 11) is 0. The maximum Gasteiger partial charge on any atom is 0.158 e. The van der Waals surface area contributed by atoms with Gasteiger partial charge in [-0.2, -0.15) is 5.10 Å². The van der Waals surface area contributed by atoms with Crippen molar-refractivity contribution in [2.24, 2.45) is 5.10 Å². The number of thiophene rings is 1. The van der Waals surface area contributed by atoms with E-state index in [1.165, 1.54) is 23.3 Å². The first-order valence-corrected chi connectivity index (χ1v) is 8.81. The largest absolute Gasteiger partial charge is 0.260 e. The monoisotopic (exact) mass is 322 g/mol. The van der Waals surface area contributed by atoms with Crippen LogP contribution in [-0.2, 0) is 12.8 Å². The number of aryl methyl sites for hydroxylation is 2. The molecule has 3 aromatic rings. The van der Waals surface area contributed by atoms with E-state index in [4.69, 9.17) is 0 Å². The molecule has 5 heteroatoms. The van der Waals surface area contributed by atoms with Crippen molar-refractivity contribution in [2.45, 2.75) is 32.6 Å². The maximum absolute atomic E-state index is 4.62. The van der Waals surface area contributed by atoms with E-state index in [2.05, 4.69) is 39.6 Å². The molecule has 0 radical (unpaired) electrons. The SMILES string of the molecule is CC/C(=N/Nc1ncnc2sc3c(c12)CCC3)c1ccccc1. The Morgan fingerprint density at radius 2 is 2.09 bits per heavy atom. The molecule has 1 aliphatic rings. The minimum absolute atomic E-state index is 0.830. The third kappa shape index (κ3) is 2.61. The van der Waals surface area contributed by atoms with Crippen LogP contribution >= 0.6 is 11.3 Å². The normalized spacial score (nSPS) is 14.2. The van der Waals surface area contributed by atoms with Gasteiger partial charge in [0.1, 0.15) is 11.2 Å². The zero-order valence-electron chi connectivity index (χ0n) is 13.0. The summed E-state index contributed by atoms with van der Waals surface area (Å²) >= 11 is 1.80. The highest BCUT2D eigenvalue weighted by Crippen LogP contribution is 2.38. The van der Waals surface area contributed by atoms with Crippen LogP contribution in [0.4, 0.5) is 5.82 Å². The summed E-state index contributed by atoms with van der Waals surface area (Å²) in [5.41, 5.74) is 6.79. The lowest BCUT2D eigenvalue weighted by Gasteiger charge is -2.07. The summed E-state index contributed by atoms with van der Waals surface area (Å²) in [6.07, 6.45) is 6.02. The van der Waals surface area contributed by atoms with Gasteiger partial charge >= 0.3 is 0 Å². The summed E-state index contributed by atoms with van der Waals surface area (Å²) in [6, 6.07) is 10.3. The molecule has 0 unspecified atom stereocenters. The van der Waals surface area contributed by atoms with Crippen LogP contribution in [0.25, 0.3) is 10.2 Å². The van der Waals surface area contributed by atoms with Gasteiger partial charge in [-0.25, -0.2) is 9.97 Å². The smallest absolute Gasteiger partial charge is 0.158 e. The van der Waals surface area contributed by atoms with E-state index >= 15 is 0 Å². The van der Waals surface area contributed by atoms with Crippen molar-refractivity contribution in [3.63, 3.8) is 0 Å². The van der Waals surface area contributed by atoms with Crippen LogP contribution in [0.15, 0.2) is 41.8 Å². The predicted octanol–water partition coefficient (Wildman–Crippen LogP) is 4.41. The van der Waals surface area contributed by atoms with Gasteiger partial charge in [-0.1, -0.05) is 37.3 Å². The molecule has 23 heavy (non-hydrogen) atoms. The van der Waals surface area contributed by atoms with Crippen molar-refractivity contribution >= 4 is 33.1 Å². The first-order valence-electron chi connectivity index (χ1n) is 8.00. The van der Waals surface area contributed by atoms with Crippen LogP contribution in [0.3, 0.4) is 0 Å². The van der Waals surface area contributed by atoms with Crippen molar-refractivity contribution in [3.8, 4) is 0 Å². The number of fused-ring (bicyclic) bond motifs is 3. The van der Waals surface area contributed by atoms with Crippen molar-refractivity contribution in [3.05, 3.63) is 52.7 Å². The standard InChI is InChI=1S/C18H18N4S/c1-2-14(12-7-4-3-5-8-12)21-22-17-16-13-9-6-10-15(13)23-18(16)20-11-19-17/h3-5,7-8,11H,2,6,9-10H2,1H3,(H,19,20,22)/b21-14-. The Labute approximate surface area is 139 Å². The van der Waals surface area contributed by atoms with Gasteiger partial charge in [0.05, 0.1) is 11.1 Å². The van der Waals surface area contributed by atoms with Crippen LogP contribution in [0.5, 0.6) is 0 Å². The third-order valence-electron chi connectivity index (χ3n) is 4.24. The molecule has 0 saturated carbocycles. The molecule has 0 fully saturated rings. The maximum atomic E-state index is 4.62. The average molecular weight is 322 g/mol. The highest BCUT2D eigenvalue weighted by molar-refractivity contribution is 7.19. The van der Waals surface area contributed by atoms with Crippen LogP contribution in [-0.4, -0.2) is 15.7 Å². The van der Waals surface area contributed by atoms with Gasteiger partial charge in [0.2, 0.25) is 0 Å². The molecule has 116 valence electrons. The fourth-order valence-corrected chi connectivity index (χ4v) is 4.34. The second-order valence-corrected chi connectivity index (χ2v) is 6.73. The lowest BCUT2D eigenvalue weighted by atomic mass is 10.1. The van der Waals surface area contributed by atoms with E-state index in [-0.39, 0.29) is 0 Å². The topological polar surface area (TPSA) is 50.2 Å². The van der Waals surface area contributed by atoms with Crippen LogP contribution in [0.2, 0.25) is 0 Å². The van der Waals surface area contributed by atoms with Gasteiger partial charge in [0.15, 0.2) is 5.82 Å². The summed E-state index contributed by atoms with van der Waals surface area (Å²) < 4.78 is 0.